The molecule has 7 heteroatoms. The number of quaternary nitrogens is 1. The average molecular weight is 395 g/mol. The van der Waals surface area contributed by atoms with E-state index < -0.39 is 10.0 Å². The Bertz CT molecular complexity index is 727. The Kier molecular flexibility index (Phi) is 6.89. The van der Waals surface area contributed by atoms with Crippen molar-refractivity contribution in [3.05, 3.63) is 24.3 Å². The van der Waals surface area contributed by atoms with Gasteiger partial charge in [0.05, 0.1) is 18.0 Å². The summed E-state index contributed by atoms with van der Waals surface area (Å²) in [6, 6.07) is 6.51. The van der Waals surface area contributed by atoms with E-state index in [1.807, 2.05) is 0 Å². The van der Waals surface area contributed by atoms with Gasteiger partial charge < -0.3 is 10.2 Å². The lowest BCUT2D eigenvalue weighted by Crippen LogP contribution is -3.14. The van der Waals surface area contributed by atoms with Crippen molar-refractivity contribution in [1.29, 1.82) is 0 Å². The quantitative estimate of drug-likeness (QED) is 0.685. The van der Waals surface area contributed by atoms with Gasteiger partial charge in [0.2, 0.25) is 10.0 Å². The number of amides is 1. The largest absolute Gasteiger partial charge is 0.327 e. The molecule has 1 aromatic rings. The fraction of sp³-hybridized carbons (Fsp3) is 0.650. The number of nitrogens with one attached hydrogen (secondary N) is 3. The fourth-order valence-corrected chi connectivity index (χ4v) is 5.52. The van der Waals surface area contributed by atoms with Crippen molar-refractivity contribution in [2.75, 3.05) is 25.0 Å². The number of benzene rings is 1. The normalized spacial score (nSPS) is 24.5. The zero-order valence-electron chi connectivity index (χ0n) is 16.2. The minimum Gasteiger partial charge on any atom is -0.327 e. The average Bonchev–Trinajstić information content (AvgIpc) is 2.62. The predicted molar refractivity (Wildman–Crippen MR) is 106 cm³/mol. The number of sulfonamides is 1. The summed E-state index contributed by atoms with van der Waals surface area (Å²) in [5.41, 5.74) is 0.640. The summed E-state index contributed by atoms with van der Waals surface area (Å²) in [6.07, 6.45) is 7.58. The molecular weight excluding hydrogens is 362 g/mol. The van der Waals surface area contributed by atoms with Crippen LogP contribution >= 0.6 is 0 Å². The van der Waals surface area contributed by atoms with E-state index >= 15 is 0 Å². The Labute approximate surface area is 162 Å². The molecule has 2 atom stereocenters. The number of anilines is 1. The smallest absolute Gasteiger partial charge is 0.279 e. The predicted octanol–water partition coefficient (Wildman–Crippen LogP) is 1.55. The summed E-state index contributed by atoms with van der Waals surface area (Å²) >= 11 is 0. The summed E-state index contributed by atoms with van der Waals surface area (Å²) in [5.74, 6) is 0.651. The highest BCUT2D eigenvalue weighted by molar-refractivity contribution is 7.89. The zero-order chi connectivity index (χ0) is 19.3. The highest BCUT2D eigenvalue weighted by Crippen LogP contribution is 2.20. The number of carbonyl (C=O) groups excluding carboxylic acids is 1. The van der Waals surface area contributed by atoms with Crippen LogP contribution < -0.4 is 14.9 Å². The molecule has 1 unspecified atom stereocenters. The first-order valence-corrected chi connectivity index (χ1v) is 11.7. The van der Waals surface area contributed by atoms with E-state index in [-0.39, 0.29) is 16.8 Å². The Balaban J connectivity index is 1.53. The Hall–Kier alpha value is -1.44. The lowest BCUT2D eigenvalue weighted by Gasteiger charge is -2.27. The van der Waals surface area contributed by atoms with Crippen LogP contribution in [0.3, 0.4) is 0 Å². The van der Waals surface area contributed by atoms with E-state index in [1.54, 1.807) is 24.3 Å². The van der Waals surface area contributed by atoms with Gasteiger partial charge in [0.1, 0.15) is 0 Å². The molecule has 3 N–H and O–H groups in total. The molecular formula is C20H32N3O3S+. The molecule has 6 nitrogen and oxygen atoms in total. The summed E-state index contributed by atoms with van der Waals surface area (Å²) < 4.78 is 27.9. The van der Waals surface area contributed by atoms with Crippen LogP contribution in [-0.4, -0.2) is 40.0 Å². The maximum absolute atomic E-state index is 12.5. The lowest BCUT2D eigenvalue weighted by molar-refractivity contribution is -0.900. The molecule has 1 aliphatic carbocycles. The molecule has 0 spiro atoms. The van der Waals surface area contributed by atoms with Crippen LogP contribution in [-0.2, 0) is 14.8 Å². The molecule has 1 saturated heterocycles. The molecule has 1 saturated carbocycles. The molecule has 0 bridgehead atoms. The van der Waals surface area contributed by atoms with Crippen LogP contribution in [0.15, 0.2) is 29.2 Å². The molecule has 0 radical (unpaired) electrons. The first-order chi connectivity index (χ1) is 12.9. The van der Waals surface area contributed by atoms with Crippen LogP contribution in [0.4, 0.5) is 5.69 Å². The highest BCUT2D eigenvalue weighted by Gasteiger charge is 2.23. The zero-order valence-corrected chi connectivity index (χ0v) is 17.0. The van der Waals surface area contributed by atoms with Crippen LogP contribution in [0.2, 0.25) is 0 Å². The summed E-state index contributed by atoms with van der Waals surface area (Å²) in [7, 11) is -3.50. The third-order valence-electron chi connectivity index (χ3n) is 5.65. The van der Waals surface area contributed by atoms with E-state index in [0.29, 0.717) is 18.2 Å². The second kappa shape index (κ2) is 9.17. The van der Waals surface area contributed by atoms with Crippen molar-refractivity contribution in [3.8, 4) is 0 Å². The molecule has 1 amide bonds. The lowest BCUT2D eigenvalue weighted by atomic mass is 9.96. The number of rotatable bonds is 6. The van der Waals surface area contributed by atoms with Gasteiger partial charge in [-0.2, -0.15) is 0 Å². The molecule has 2 fully saturated rings. The third-order valence-corrected chi connectivity index (χ3v) is 7.19. The van der Waals surface area contributed by atoms with Gasteiger partial charge >= 0.3 is 0 Å². The van der Waals surface area contributed by atoms with Crippen LogP contribution in [0.25, 0.3) is 0 Å². The van der Waals surface area contributed by atoms with E-state index in [0.717, 1.165) is 38.8 Å². The first kappa shape index (κ1) is 20.3. The molecule has 3 rings (SSSR count). The summed E-state index contributed by atoms with van der Waals surface area (Å²) in [6.45, 7) is 4.78. The molecule has 0 aromatic heterocycles. The summed E-state index contributed by atoms with van der Waals surface area (Å²) in [4.78, 5) is 13.8. The Morgan fingerprint density at radius 2 is 1.78 bits per heavy atom. The van der Waals surface area contributed by atoms with Gasteiger partial charge in [-0.25, -0.2) is 13.1 Å². The molecule has 1 aromatic carbocycles. The second-order valence-corrected chi connectivity index (χ2v) is 9.87. The van der Waals surface area contributed by atoms with Gasteiger partial charge in [0.15, 0.2) is 6.54 Å². The number of hydrogen-bond acceptors (Lipinski definition) is 3. The molecule has 2 aliphatic rings. The Morgan fingerprint density at radius 1 is 1.07 bits per heavy atom. The topological polar surface area (TPSA) is 79.7 Å². The van der Waals surface area contributed by atoms with Crippen molar-refractivity contribution < 1.29 is 18.1 Å². The van der Waals surface area contributed by atoms with E-state index in [4.69, 9.17) is 0 Å². The van der Waals surface area contributed by atoms with Gasteiger partial charge in [0.25, 0.3) is 5.91 Å². The van der Waals surface area contributed by atoms with Gasteiger partial charge in [0, 0.05) is 17.6 Å². The van der Waals surface area contributed by atoms with Crippen LogP contribution in [0.5, 0.6) is 0 Å². The maximum Gasteiger partial charge on any atom is 0.279 e. The number of piperidine rings is 1. The van der Waals surface area contributed by atoms with Gasteiger partial charge in [-0.3, -0.25) is 4.79 Å². The van der Waals surface area contributed by atoms with Crippen molar-refractivity contribution in [2.24, 2.45) is 5.92 Å². The van der Waals surface area contributed by atoms with E-state index in [9.17, 15) is 13.2 Å². The van der Waals surface area contributed by atoms with Crippen LogP contribution in [0, 0.1) is 5.92 Å². The second-order valence-electron chi connectivity index (χ2n) is 8.16. The minimum atomic E-state index is -3.50. The molecule has 1 aliphatic heterocycles. The minimum absolute atomic E-state index is 0.0185. The fourth-order valence-electron chi connectivity index (χ4n) is 4.22. The molecule has 150 valence electrons. The van der Waals surface area contributed by atoms with Crippen molar-refractivity contribution >= 4 is 21.6 Å². The number of carbonyl (C=O) groups is 1. The summed E-state index contributed by atoms with van der Waals surface area (Å²) in [5, 5.41) is 2.89. The number of hydrogen-bond donors (Lipinski definition) is 3. The van der Waals surface area contributed by atoms with Crippen molar-refractivity contribution in [3.63, 3.8) is 0 Å². The van der Waals surface area contributed by atoms with Crippen molar-refractivity contribution in [2.45, 2.75) is 62.8 Å². The third kappa shape index (κ3) is 6.02. The van der Waals surface area contributed by atoms with Gasteiger partial charge in [-0.1, -0.05) is 26.2 Å². The van der Waals surface area contributed by atoms with Crippen molar-refractivity contribution in [1.82, 2.24) is 4.72 Å². The molecule has 1 heterocycles. The van der Waals surface area contributed by atoms with Gasteiger partial charge in [-0.05, 0) is 49.9 Å². The maximum atomic E-state index is 12.5. The molecule has 27 heavy (non-hydrogen) atoms. The van der Waals surface area contributed by atoms with Gasteiger partial charge in [-0.15, -0.1) is 0 Å². The standard InChI is InChI=1S/C20H31N3O3S/c1-16-6-5-13-23(14-16)15-20(24)21-17-9-11-19(12-10-17)27(25,26)22-18-7-3-2-4-8-18/h9-12,16,18,22H,2-8,13-15H2,1H3,(H,21,24)/p+1/t16-/m1/s1. The SMILES string of the molecule is C[C@@H]1CCC[NH+](CC(=O)Nc2ccc(S(=O)(=O)NC3CCCCC3)cc2)C1. The van der Waals surface area contributed by atoms with Crippen LogP contribution in [0.1, 0.15) is 51.9 Å². The Morgan fingerprint density at radius 3 is 2.44 bits per heavy atom. The first-order valence-electron chi connectivity index (χ1n) is 10.2. The highest BCUT2D eigenvalue weighted by atomic mass is 32.2. The monoisotopic (exact) mass is 394 g/mol. The number of likely N-dealkylation sites (tertiary alicyclic amines) is 1. The van der Waals surface area contributed by atoms with E-state index in [2.05, 4.69) is 17.0 Å². The van der Waals surface area contributed by atoms with E-state index in [1.165, 1.54) is 24.2 Å².